The van der Waals surface area contributed by atoms with Crippen LogP contribution in [0.5, 0.6) is 0 Å². The molecule has 6 heteroatoms. The quantitative estimate of drug-likeness (QED) is 0.789. The second-order valence-electron chi connectivity index (χ2n) is 4.49. The second kappa shape index (κ2) is 9.74. The van der Waals surface area contributed by atoms with E-state index in [1.165, 1.54) is 6.07 Å². The third-order valence-electron chi connectivity index (χ3n) is 3.30. The van der Waals surface area contributed by atoms with Crippen LogP contribution >= 0.6 is 40.7 Å². The third kappa shape index (κ3) is 5.01. The SMILES string of the molecule is C=CC[C@@H](c1cc(F)ccc1Br)N1CCNCC1.Cl.Cl. The maximum Gasteiger partial charge on any atom is 0.123 e. The molecule has 0 aromatic heterocycles. The van der Waals surface area contributed by atoms with Gasteiger partial charge in [-0.2, -0.15) is 0 Å². The van der Waals surface area contributed by atoms with E-state index in [0.717, 1.165) is 42.6 Å². The van der Waals surface area contributed by atoms with Gasteiger partial charge in [0.2, 0.25) is 0 Å². The molecule has 1 fully saturated rings. The Morgan fingerprint density at radius 1 is 1.35 bits per heavy atom. The van der Waals surface area contributed by atoms with Crippen LogP contribution < -0.4 is 5.32 Å². The van der Waals surface area contributed by atoms with Crippen LogP contribution in [0.1, 0.15) is 18.0 Å². The number of rotatable bonds is 4. The Balaban J connectivity index is 0.00000180. The Morgan fingerprint density at radius 3 is 2.60 bits per heavy atom. The molecule has 114 valence electrons. The zero-order valence-corrected chi connectivity index (χ0v) is 14.4. The standard InChI is InChI=1S/C14H18BrFN2.2ClH/c1-2-3-14(18-8-6-17-7-9-18)12-10-11(16)4-5-13(12)15;;/h2,4-5,10,14,17H,1,3,6-9H2;2*1H/t14-;;/m0../s1. The van der Waals surface area contributed by atoms with Crippen molar-refractivity contribution in [3.05, 3.63) is 46.7 Å². The number of benzene rings is 1. The molecule has 1 N–H and O–H groups in total. The second-order valence-corrected chi connectivity index (χ2v) is 5.35. The van der Waals surface area contributed by atoms with Crippen molar-refractivity contribution in [2.45, 2.75) is 12.5 Å². The number of hydrogen-bond donors (Lipinski definition) is 1. The lowest BCUT2D eigenvalue weighted by atomic mass is 10.0. The Bertz CT molecular complexity index is 426. The molecule has 1 aromatic rings. The van der Waals surface area contributed by atoms with Crippen LogP contribution in [0, 0.1) is 5.82 Å². The van der Waals surface area contributed by atoms with Crippen LogP contribution in [-0.4, -0.2) is 31.1 Å². The summed E-state index contributed by atoms with van der Waals surface area (Å²) < 4.78 is 14.4. The molecule has 1 atom stereocenters. The number of nitrogens with one attached hydrogen (secondary N) is 1. The van der Waals surface area contributed by atoms with E-state index in [1.54, 1.807) is 12.1 Å². The van der Waals surface area contributed by atoms with Crippen LogP contribution in [-0.2, 0) is 0 Å². The van der Waals surface area contributed by atoms with Gasteiger partial charge in [-0.05, 0) is 30.2 Å². The lowest BCUT2D eigenvalue weighted by Gasteiger charge is -2.35. The van der Waals surface area contributed by atoms with Gasteiger partial charge in [0.1, 0.15) is 5.82 Å². The van der Waals surface area contributed by atoms with E-state index in [-0.39, 0.29) is 36.7 Å². The predicted molar refractivity (Wildman–Crippen MR) is 90.6 cm³/mol. The van der Waals surface area contributed by atoms with Crippen molar-refractivity contribution in [1.29, 1.82) is 0 Å². The Labute approximate surface area is 140 Å². The minimum Gasteiger partial charge on any atom is -0.314 e. The minimum atomic E-state index is -0.183. The van der Waals surface area contributed by atoms with Crippen molar-refractivity contribution < 1.29 is 4.39 Å². The van der Waals surface area contributed by atoms with Gasteiger partial charge in [-0.25, -0.2) is 4.39 Å². The summed E-state index contributed by atoms with van der Waals surface area (Å²) in [5, 5.41) is 3.34. The van der Waals surface area contributed by atoms with Gasteiger partial charge in [0.15, 0.2) is 0 Å². The monoisotopic (exact) mass is 384 g/mol. The highest BCUT2D eigenvalue weighted by molar-refractivity contribution is 9.10. The number of halogens is 4. The zero-order valence-electron chi connectivity index (χ0n) is 11.1. The molecule has 0 unspecified atom stereocenters. The first-order valence-electron chi connectivity index (χ1n) is 6.23. The smallest absolute Gasteiger partial charge is 0.123 e. The summed E-state index contributed by atoms with van der Waals surface area (Å²) in [5.41, 5.74) is 1.01. The van der Waals surface area contributed by atoms with Gasteiger partial charge >= 0.3 is 0 Å². The molecule has 1 heterocycles. The first-order valence-corrected chi connectivity index (χ1v) is 7.02. The summed E-state index contributed by atoms with van der Waals surface area (Å²) >= 11 is 3.52. The molecule has 0 saturated carbocycles. The summed E-state index contributed by atoms with van der Waals surface area (Å²) in [6.45, 7) is 7.77. The maximum atomic E-state index is 13.4. The van der Waals surface area contributed by atoms with Gasteiger partial charge in [0.25, 0.3) is 0 Å². The van der Waals surface area contributed by atoms with Crippen molar-refractivity contribution >= 4 is 40.7 Å². The average molecular weight is 386 g/mol. The average Bonchev–Trinajstić information content (AvgIpc) is 2.40. The molecule has 1 aliphatic heterocycles. The fraction of sp³-hybridized carbons (Fsp3) is 0.429. The highest BCUT2D eigenvalue weighted by Crippen LogP contribution is 2.31. The summed E-state index contributed by atoms with van der Waals surface area (Å²) in [5.74, 6) is -0.183. The van der Waals surface area contributed by atoms with E-state index in [2.05, 4.69) is 32.7 Å². The number of nitrogens with zero attached hydrogens (tertiary/aromatic N) is 1. The highest BCUT2D eigenvalue weighted by Gasteiger charge is 2.23. The predicted octanol–water partition coefficient (Wildman–Crippen LogP) is 3.95. The van der Waals surface area contributed by atoms with Crippen molar-refractivity contribution in [2.24, 2.45) is 0 Å². The largest absolute Gasteiger partial charge is 0.314 e. The van der Waals surface area contributed by atoms with Crippen LogP contribution in [0.15, 0.2) is 35.3 Å². The van der Waals surface area contributed by atoms with Gasteiger partial charge in [-0.15, -0.1) is 31.4 Å². The van der Waals surface area contributed by atoms with E-state index in [1.807, 2.05) is 6.08 Å². The Kier molecular flexibility index (Phi) is 9.68. The van der Waals surface area contributed by atoms with Crippen molar-refractivity contribution in [3.63, 3.8) is 0 Å². The topological polar surface area (TPSA) is 15.3 Å². The van der Waals surface area contributed by atoms with Gasteiger partial charge in [-0.1, -0.05) is 22.0 Å². The zero-order chi connectivity index (χ0) is 13.0. The van der Waals surface area contributed by atoms with Crippen LogP contribution in [0.4, 0.5) is 4.39 Å². The van der Waals surface area contributed by atoms with Gasteiger partial charge in [0, 0.05) is 36.7 Å². The number of hydrogen-bond acceptors (Lipinski definition) is 2. The van der Waals surface area contributed by atoms with E-state index in [9.17, 15) is 4.39 Å². The van der Waals surface area contributed by atoms with E-state index >= 15 is 0 Å². The lowest BCUT2D eigenvalue weighted by Crippen LogP contribution is -2.45. The van der Waals surface area contributed by atoms with E-state index < -0.39 is 0 Å². The molecule has 0 bridgehead atoms. The van der Waals surface area contributed by atoms with Gasteiger partial charge < -0.3 is 5.32 Å². The molecule has 0 amide bonds. The molecule has 0 spiro atoms. The molecule has 2 nitrogen and oxygen atoms in total. The van der Waals surface area contributed by atoms with Gasteiger partial charge in [0.05, 0.1) is 0 Å². The molecule has 2 rings (SSSR count). The Morgan fingerprint density at radius 2 is 2.00 bits per heavy atom. The lowest BCUT2D eigenvalue weighted by molar-refractivity contribution is 0.174. The van der Waals surface area contributed by atoms with Gasteiger partial charge in [-0.3, -0.25) is 4.90 Å². The summed E-state index contributed by atoms with van der Waals surface area (Å²) in [6, 6.07) is 5.09. The molecule has 0 aliphatic carbocycles. The molecule has 20 heavy (non-hydrogen) atoms. The van der Waals surface area contributed by atoms with Crippen LogP contribution in [0.25, 0.3) is 0 Å². The summed E-state index contributed by atoms with van der Waals surface area (Å²) in [7, 11) is 0. The van der Waals surface area contributed by atoms with Crippen LogP contribution in [0.2, 0.25) is 0 Å². The fourth-order valence-electron chi connectivity index (χ4n) is 2.39. The summed E-state index contributed by atoms with van der Waals surface area (Å²) in [4.78, 5) is 2.39. The highest BCUT2D eigenvalue weighted by atomic mass is 79.9. The molecule has 1 aromatic carbocycles. The van der Waals surface area contributed by atoms with Crippen LogP contribution in [0.3, 0.4) is 0 Å². The van der Waals surface area contributed by atoms with Crippen molar-refractivity contribution in [2.75, 3.05) is 26.2 Å². The van der Waals surface area contributed by atoms with E-state index in [4.69, 9.17) is 0 Å². The first kappa shape index (κ1) is 19.9. The maximum absolute atomic E-state index is 13.4. The van der Waals surface area contributed by atoms with Crippen molar-refractivity contribution in [1.82, 2.24) is 10.2 Å². The summed E-state index contributed by atoms with van der Waals surface area (Å²) in [6.07, 6.45) is 2.74. The minimum absolute atomic E-state index is 0. The molecule has 1 saturated heterocycles. The third-order valence-corrected chi connectivity index (χ3v) is 4.02. The first-order chi connectivity index (χ1) is 8.72. The molecular weight excluding hydrogens is 366 g/mol. The Hall–Kier alpha value is -0.130. The number of piperazine rings is 1. The van der Waals surface area contributed by atoms with Crippen molar-refractivity contribution in [3.8, 4) is 0 Å². The normalized spacial score (nSPS) is 16.7. The van der Waals surface area contributed by atoms with E-state index in [0.29, 0.717) is 0 Å². The molecular formula is C14H20BrCl2FN2. The molecule has 1 aliphatic rings. The molecule has 0 radical (unpaired) electrons. The fourth-order valence-corrected chi connectivity index (χ4v) is 2.91.